The van der Waals surface area contributed by atoms with Crippen LogP contribution in [0.25, 0.3) is 0 Å². The first-order chi connectivity index (χ1) is 13.5. The predicted octanol–water partition coefficient (Wildman–Crippen LogP) is 2.88. The van der Waals surface area contributed by atoms with E-state index in [1.807, 2.05) is 0 Å². The van der Waals surface area contributed by atoms with Gasteiger partial charge in [0, 0.05) is 23.7 Å². The highest BCUT2D eigenvalue weighted by Crippen LogP contribution is 2.33. The average Bonchev–Trinajstić information content (AvgIpc) is 3.07. The van der Waals surface area contributed by atoms with Crippen molar-refractivity contribution in [3.05, 3.63) is 53.6 Å². The number of carbonyl (C=O) groups excluding carboxylic acids is 3. The number of nitrogens with zero attached hydrogens (tertiary/aromatic N) is 1. The highest BCUT2D eigenvalue weighted by atomic mass is 35.5. The number of para-hydroxylation sites is 2. The van der Waals surface area contributed by atoms with Gasteiger partial charge in [-0.3, -0.25) is 14.4 Å². The highest BCUT2D eigenvalue weighted by molar-refractivity contribution is 6.30. The van der Waals surface area contributed by atoms with Gasteiger partial charge in [0.1, 0.15) is 5.75 Å². The van der Waals surface area contributed by atoms with Gasteiger partial charge >= 0.3 is 5.97 Å². The van der Waals surface area contributed by atoms with Crippen molar-refractivity contribution in [1.29, 1.82) is 0 Å². The van der Waals surface area contributed by atoms with E-state index in [9.17, 15) is 14.4 Å². The third kappa shape index (κ3) is 4.61. The molecule has 0 saturated carbocycles. The summed E-state index contributed by atoms with van der Waals surface area (Å²) < 4.78 is 10.4. The van der Waals surface area contributed by atoms with Gasteiger partial charge in [-0.1, -0.05) is 29.8 Å². The lowest BCUT2D eigenvalue weighted by molar-refractivity contribution is -0.151. The minimum Gasteiger partial charge on any atom is -0.495 e. The number of anilines is 2. The van der Waals surface area contributed by atoms with E-state index in [0.717, 1.165) is 0 Å². The fraction of sp³-hybridized carbons (Fsp3) is 0.250. The molecule has 1 atom stereocenters. The van der Waals surface area contributed by atoms with Crippen molar-refractivity contribution >= 4 is 40.8 Å². The molecule has 3 rings (SSSR count). The van der Waals surface area contributed by atoms with Gasteiger partial charge in [0.2, 0.25) is 5.91 Å². The molecular weight excluding hydrogens is 384 g/mol. The zero-order valence-corrected chi connectivity index (χ0v) is 15.9. The number of esters is 1. The molecule has 1 aliphatic rings. The van der Waals surface area contributed by atoms with Crippen LogP contribution in [0.2, 0.25) is 5.02 Å². The smallest absolute Gasteiger partial charge is 0.311 e. The number of amides is 2. The molecule has 2 aromatic carbocycles. The molecule has 7 nitrogen and oxygen atoms in total. The third-order valence-corrected chi connectivity index (χ3v) is 4.52. The number of ether oxygens (including phenoxy) is 2. The van der Waals surface area contributed by atoms with E-state index in [1.165, 1.54) is 12.0 Å². The number of benzene rings is 2. The molecule has 146 valence electrons. The number of methoxy groups -OCH3 is 1. The number of halogens is 1. The number of carbonyl (C=O) groups is 3. The van der Waals surface area contributed by atoms with Crippen LogP contribution in [0, 0.1) is 5.92 Å². The SMILES string of the molecule is COc1ccccc1N1C[C@H](C(=O)OCC(=O)Nc2cccc(Cl)c2)CC1=O. The van der Waals surface area contributed by atoms with E-state index in [1.54, 1.807) is 48.5 Å². The summed E-state index contributed by atoms with van der Waals surface area (Å²) in [4.78, 5) is 38.1. The van der Waals surface area contributed by atoms with Crippen molar-refractivity contribution in [3.63, 3.8) is 0 Å². The lowest BCUT2D eigenvalue weighted by atomic mass is 10.1. The topological polar surface area (TPSA) is 84.9 Å². The van der Waals surface area contributed by atoms with Crippen LogP contribution in [-0.2, 0) is 19.1 Å². The van der Waals surface area contributed by atoms with Crippen molar-refractivity contribution in [2.75, 3.05) is 30.5 Å². The molecule has 1 N–H and O–H groups in total. The van der Waals surface area contributed by atoms with Crippen LogP contribution < -0.4 is 15.0 Å². The largest absolute Gasteiger partial charge is 0.495 e. The molecule has 28 heavy (non-hydrogen) atoms. The second-order valence-electron chi connectivity index (χ2n) is 6.24. The first kappa shape index (κ1) is 19.7. The normalized spacial score (nSPS) is 16.0. The summed E-state index contributed by atoms with van der Waals surface area (Å²) >= 11 is 5.86. The van der Waals surface area contributed by atoms with Crippen LogP contribution in [0.4, 0.5) is 11.4 Å². The van der Waals surface area contributed by atoms with Crippen LogP contribution in [0.1, 0.15) is 6.42 Å². The van der Waals surface area contributed by atoms with E-state index in [0.29, 0.717) is 22.1 Å². The Bertz CT molecular complexity index is 902. The minimum atomic E-state index is -0.642. The van der Waals surface area contributed by atoms with E-state index in [2.05, 4.69) is 5.32 Å². The number of hydrogen-bond donors (Lipinski definition) is 1. The molecule has 2 aromatic rings. The molecule has 0 spiro atoms. The van der Waals surface area contributed by atoms with Crippen LogP contribution in [-0.4, -0.2) is 38.0 Å². The Kier molecular flexibility index (Phi) is 6.16. The Hall–Kier alpha value is -3.06. The summed E-state index contributed by atoms with van der Waals surface area (Å²) in [5, 5.41) is 3.07. The molecule has 1 aliphatic heterocycles. The molecular formula is C20H19ClN2O5. The van der Waals surface area contributed by atoms with Crippen molar-refractivity contribution < 1.29 is 23.9 Å². The summed E-state index contributed by atoms with van der Waals surface area (Å²) in [6, 6.07) is 13.7. The molecule has 8 heteroatoms. The minimum absolute atomic E-state index is 0.0206. The molecule has 1 saturated heterocycles. The van der Waals surface area contributed by atoms with E-state index < -0.39 is 24.4 Å². The fourth-order valence-corrected chi connectivity index (χ4v) is 3.16. The second-order valence-corrected chi connectivity index (χ2v) is 6.68. The Morgan fingerprint density at radius 1 is 1.21 bits per heavy atom. The van der Waals surface area contributed by atoms with Crippen molar-refractivity contribution in [2.24, 2.45) is 5.92 Å². The summed E-state index contributed by atoms with van der Waals surface area (Å²) in [5.41, 5.74) is 1.11. The van der Waals surface area contributed by atoms with E-state index in [4.69, 9.17) is 21.1 Å². The molecule has 0 unspecified atom stereocenters. The standard InChI is InChI=1S/C20H19ClN2O5/c1-27-17-8-3-2-7-16(17)23-11-13(9-19(23)25)20(26)28-12-18(24)22-15-6-4-5-14(21)10-15/h2-8,10,13H,9,11-12H2,1H3,(H,22,24)/t13-/m1/s1. The number of rotatable bonds is 6. The van der Waals surface area contributed by atoms with Crippen LogP contribution in [0.5, 0.6) is 5.75 Å². The van der Waals surface area contributed by atoms with Crippen molar-refractivity contribution in [1.82, 2.24) is 0 Å². The Labute approximate surface area is 167 Å². The lowest BCUT2D eigenvalue weighted by Gasteiger charge is -2.19. The van der Waals surface area contributed by atoms with Gasteiger partial charge in [-0.15, -0.1) is 0 Å². The fourth-order valence-electron chi connectivity index (χ4n) is 2.97. The maximum absolute atomic E-state index is 12.3. The Balaban J connectivity index is 1.55. The molecule has 0 bridgehead atoms. The van der Waals surface area contributed by atoms with Crippen LogP contribution >= 0.6 is 11.6 Å². The third-order valence-electron chi connectivity index (χ3n) is 4.29. The van der Waals surface area contributed by atoms with Gasteiger partial charge in [-0.25, -0.2) is 0 Å². The Morgan fingerprint density at radius 2 is 2.00 bits per heavy atom. The number of nitrogens with one attached hydrogen (secondary N) is 1. The summed E-state index contributed by atoms with van der Waals surface area (Å²) in [5.74, 6) is -1.37. The van der Waals surface area contributed by atoms with E-state index in [-0.39, 0.29) is 18.9 Å². The van der Waals surface area contributed by atoms with Gasteiger partial charge in [0.25, 0.3) is 5.91 Å². The maximum atomic E-state index is 12.3. The first-order valence-electron chi connectivity index (χ1n) is 8.63. The van der Waals surface area contributed by atoms with E-state index >= 15 is 0 Å². The van der Waals surface area contributed by atoms with Crippen LogP contribution in [0.15, 0.2) is 48.5 Å². The first-order valence-corrected chi connectivity index (χ1v) is 9.01. The van der Waals surface area contributed by atoms with Gasteiger partial charge < -0.3 is 19.7 Å². The van der Waals surface area contributed by atoms with Gasteiger partial charge in [-0.05, 0) is 30.3 Å². The van der Waals surface area contributed by atoms with Crippen LogP contribution in [0.3, 0.4) is 0 Å². The molecule has 2 amide bonds. The zero-order valence-electron chi connectivity index (χ0n) is 15.2. The summed E-state index contributed by atoms with van der Waals surface area (Å²) in [6.07, 6.45) is 0.0206. The number of hydrogen-bond acceptors (Lipinski definition) is 5. The molecule has 0 aliphatic carbocycles. The molecule has 0 radical (unpaired) electrons. The second kappa shape index (κ2) is 8.75. The summed E-state index contributed by atoms with van der Waals surface area (Å²) in [6.45, 7) is -0.265. The molecule has 1 heterocycles. The molecule has 0 aromatic heterocycles. The highest BCUT2D eigenvalue weighted by Gasteiger charge is 2.37. The predicted molar refractivity (Wildman–Crippen MR) is 104 cm³/mol. The van der Waals surface area contributed by atoms with Gasteiger partial charge in [0.05, 0.1) is 18.7 Å². The maximum Gasteiger partial charge on any atom is 0.311 e. The van der Waals surface area contributed by atoms with Crippen molar-refractivity contribution in [3.8, 4) is 5.75 Å². The quantitative estimate of drug-likeness (QED) is 0.751. The van der Waals surface area contributed by atoms with Gasteiger partial charge in [-0.2, -0.15) is 0 Å². The lowest BCUT2D eigenvalue weighted by Crippen LogP contribution is -2.28. The average molecular weight is 403 g/mol. The van der Waals surface area contributed by atoms with Crippen molar-refractivity contribution in [2.45, 2.75) is 6.42 Å². The zero-order chi connectivity index (χ0) is 20.1. The van der Waals surface area contributed by atoms with Gasteiger partial charge in [0.15, 0.2) is 6.61 Å². The monoisotopic (exact) mass is 402 g/mol. The summed E-state index contributed by atoms with van der Waals surface area (Å²) in [7, 11) is 1.52. The molecule has 1 fully saturated rings. The Morgan fingerprint density at radius 3 is 2.75 bits per heavy atom.